The molecule has 2 rings (SSSR count). The summed E-state index contributed by atoms with van der Waals surface area (Å²) >= 11 is 0. The van der Waals surface area contributed by atoms with Crippen LogP contribution in [0.2, 0.25) is 0 Å². The van der Waals surface area contributed by atoms with Crippen molar-refractivity contribution in [3.05, 3.63) is 0 Å². The van der Waals surface area contributed by atoms with Gasteiger partial charge in [0.15, 0.2) is 5.78 Å². The molecule has 3 atom stereocenters. The fourth-order valence-electron chi connectivity index (χ4n) is 3.19. The van der Waals surface area contributed by atoms with Crippen molar-refractivity contribution in [1.82, 2.24) is 15.7 Å². The van der Waals surface area contributed by atoms with E-state index in [1.54, 1.807) is 0 Å². The SMILES string of the molecule is CCC1OCC(=O)C1NC(=O)[C@H](CC(C)(C)CC)NC(=O)ON1CCOCC1. The van der Waals surface area contributed by atoms with E-state index in [0.717, 1.165) is 6.42 Å². The van der Waals surface area contributed by atoms with Gasteiger partial charge in [-0.2, -0.15) is 0 Å². The first-order chi connectivity index (χ1) is 13.3. The summed E-state index contributed by atoms with van der Waals surface area (Å²) in [4.78, 5) is 42.6. The maximum Gasteiger partial charge on any atom is 0.426 e. The molecule has 0 aliphatic carbocycles. The molecular formula is C19H33N3O6. The molecule has 2 fully saturated rings. The van der Waals surface area contributed by atoms with Crippen molar-refractivity contribution in [2.45, 2.75) is 65.1 Å². The summed E-state index contributed by atoms with van der Waals surface area (Å²) in [6, 6.07) is -1.49. The number of hydrogen-bond acceptors (Lipinski definition) is 7. The molecule has 0 saturated carbocycles. The van der Waals surface area contributed by atoms with Gasteiger partial charge in [0.2, 0.25) is 5.91 Å². The molecule has 9 heteroatoms. The monoisotopic (exact) mass is 399 g/mol. The first kappa shape index (κ1) is 22.6. The van der Waals surface area contributed by atoms with Crippen molar-refractivity contribution in [3.8, 4) is 0 Å². The molecule has 0 aromatic rings. The van der Waals surface area contributed by atoms with Crippen LogP contribution in [0.3, 0.4) is 0 Å². The van der Waals surface area contributed by atoms with Crippen LogP contribution in [-0.2, 0) is 23.9 Å². The van der Waals surface area contributed by atoms with E-state index < -0.39 is 24.1 Å². The molecule has 9 nitrogen and oxygen atoms in total. The average molecular weight is 399 g/mol. The third-order valence-electron chi connectivity index (χ3n) is 5.36. The molecule has 2 aliphatic rings. The van der Waals surface area contributed by atoms with Crippen LogP contribution in [0.4, 0.5) is 4.79 Å². The van der Waals surface area contributed by atoms with Crippen molar-refractivity contribution in [1.29, 1.82) is 0 Å². The molecule has 0 bridgehead atoms. The number of rotatable bonds is 8. The third-order valence-corrected chi connectivity index (χ3v) is 5.36. The zero-order valence-corrected chi connectivity index (χ0v) is 17.3. The van der Waals surface area contributed by atoms with Crippen LogP contribution in [-0.4, -0.2) is 73.9 Å². The van der Waals surface area contributed by atoms with Crippen LogP contribution >= 0.6 is 0 Å². The van der Waals surface area contributed by atoms with Crippen LogP contribution in [0, 0.1) is 5.41 Å². The van der Waals surface area contributed by atoms with E-state index in [2.05, 4.69) is 10.6 Å². The largest absolute Gasteiger partial charge is 0.426 e. The van der Waals surface area contributed by atoms with Gasteiger partial charge >= 0.3 is 6.09 Å². The van der Waals surface area contributed by atoms with Crippen LogP contribution in [0.5, 0.6) is 0 Å². The highest BCUT2D eigenvalue weighted by molar-refractivity contribution is 5.94. The van der Waals surface area contributed by atoms with Crippen LogP contribution < -0.4 is 10.6 Å². The summed E-state index contributed by atoms with van der Waals surface area (Å²) in [5.74, 6) is -0.549. The van der Waals surface area contributed by atoms with E-state index in [-0.39, 0.29) is 23.9 Å². The lowest BCUT2D eigenvalue weighted by Crippen LogP contribution is -2.55. The fourth-order valence-corrected chi connectivity index (χ4v) is 3.19. The molecule has 0 aromatic heterocycles. The lowest BCUT2D eigenvalue weighted by molar-refractivity contribution is -0.148. The Morgan fingerprint density at radius 2 is 1.96 bits per heavy atom. The first-order valence-corrected chi connectivity index (χ1v) is 10.0. The van der Waals surface area contributed by atoms with Gasteiger partial charge in [-0.1, -0.05) is 34.1 Å². The summed E-state index contributed by atoms with van der Waals surface area (Å²) in [5.41, 5.74) is -0.172. The number of morpholine rings is 1. The molecular weight excluding hydrogens is 366 g/mol. The second kappa shape index (κ2) is 10.2. The van der Waals surface area contributed by atoms with Gasteiger partial charge in [-0.15, -0.1) is 5.06 Å². The number of ether oxygens (including phenoxy) is 2. The van der Waals surface area contributed by atoms with Crippen LogP contribution in [0.15, 0.2) is 0 Å². The lowest BCUT2D eigenvalue weighted by Gasteiger charge is -2.30. The highest BCUT2D eigenvalue weighted by atomic mass is 16.7. The second-order valence-electron chi connectivity index (χ2n) is 8.05. The zero-order chi connectivity index (χ0) is 20.7. The Kier molecular flexibility index (Phi) is 8.21. The van der Waals surface area contributed by atoms with Gasteiger partial charge < -0.3 is 24.9 Å². The smallest absolute Gasteiger partial charge is 0.379 e. The van der Waals surface area contributed by atoms with Gasteiger partial charge in [0.25, 0.3) is 0 Å². The predicted molar refractivity (Wildman–Crippen MR) is 101 cm³/mol. The minimum Gasteiger partial charge on any atom is -0.379 e. The van der Waals surface area contributed by atoms with Crippen molar-refractivity contribution in [2.24, 2.45) is 5.41 Å². The van der Waals surface area contributed by atoms with Gasteiger partial charge in [-0.25, -0.2) is 4.79 Å². The van der Waals surface area contributed by atoms with Gasteiger partial charge in [0, 0.05) is 0 Å². The Morgan fingerprint density at radius 1 is 1.29 bits per heavy atom. The Labute approximate surface area is 166 Å². The van der Waals surface area contributed by atoms with Gasteiger partial charge in [-0.3, -0.25) is 9.59 Å². The second-order valence-corrected chi connectivity index (χ2v) is 8.05. The number of Topliss-reactive ketones (excluding diaryl/α,β-unsaturated/α-hetero) is 1. The molecule has 2 N–H and O–H groups in total. The minimum absolute atomic E-state index is 0.00107. The normalized spacial score (nSPS) is 24.6. The van der Waals surface area contributed by atoms with Crippen LogP contribution in [0.1, 0.15) is 47.0 Å². The molecule has 0 spiro atoms. The summed E-state index contributed by atoms with van der Waals surface area (Å²) < 4.78 is 10.6. The molecule has 2 unspecified atom stereocenters. The van der Waals surface area contributed by atoms with Crippen molar-refractivity contribution < 1.29 is 28.7 Å². The van der Waals surface area contributed by atoms with E-state index in [0.29, 0.717) is 39.1 Å². The number of hydroxylamine groups is 2. The molecule has 160 valence electrons. The molecule has 2 saturated heterocycles. The zero-order valence-electron chi connectivity index (χ0n) is 17.3. The average Bonchev–Trinajstić information content (AvgIpc) is 3.01. The number of nitrogens with one attached hydrogen (secondary N) is 2. The Morgan fingerprint density at radius 3 is 2.57 bits per heavy atom. The lowest BCUT2D eigenvalue weighted by atomic mass is 9.83. The maximum atomic E-state index is 12.9. The van der Waals surface area contributed by atoms with Gasteiger partial charge in [0.1, 0.15) is 18.7 Å². The molecule has 0 radical (unpaired) electrons. The Bertz CT molecular complexity index is 562. The number of ketones is 1. The topological polar surface area (TPSA) is 106 Å². The van der Waals surface area contributed by atoms with Gasteiger partial charge in [-0.05, 0) is 18.3 Å². The maximum absolute atomic E-state index is 12.9. The quantitative estimate of drug-likeness (QED) is 0.627. The van der Waals surface area contributed by atoms with Crippen molar-refractivity contribution >= 4 is 17.8 Å². The number of carbonyl (C=O) groups excluding carboxylic acids is 3. The van der Waals surface area contributed by atoms with E-state index in [1.165, 1.54) is 5.06 Å². The molecule has 2 amide bonds. The van der Waals surface area contributed by atoms with E-state index in [9.17, 15) is 14.4 Å². The number of amides is 2. The van der Waals surface area contributed by atoms with E-state index >= 15 is 0 Å². The first-order valence-electron chi connectivity index (χ1n) is 10.0. The Balaban J connectivity index is 2.01. The molecule has 2 heterocycles. The molecule has 2 aliphatic heterocycles. The molecule has 28 heavy (non-hydrogen) atoms. The highest BCUT2D eigenvalue weighted by Crippen LogP contribution is 2.26. The summed E-state index contributed by atoms with van der Waals surface area (Å²) in [6.45, 7) is 9.93. The van der Waals surface area contributed by atoms with E-state index in [4.69, 9.17) is 14.3 Å². The van der Waals surface area contributed by atoms with Crippen LogP contribution in [0.25, 0.3) is 0 Å². The molecule has 0 aromatic carbocycles. The minimum atomic E-state index is -0.811. The number of nitrogens with zero attached hydrogens (tertiary/aromatic N) is 1. The highest BCUT2D eigenvalue weighted by Gasteiger charge is 2.38. The summed E-state index contributed by atoms with van der Waals surface area (Å²) in [7, 11) is 0. The van der Waals surface area contributed by atoms with Crippen molar-refractivity contribution in [2.75, 3.05) is 32.9 Å². The fraction of sp³-hybridized carbons (Fsp3) is 0.842. The third kappa shape index (κ3) is 6.42. The number of hydrogen-bond donors (Lipinski definition) is 2. The standard InChI is InChI=1S/C19H33N3O6/c1-5-15-16(14(23)12-27-15)21-17(24)13(11-19(3,4)6-2)20-18(25)28-22-7-9-26-10-8-22/h13,15-16H,5-12H2,1-4H3,(H,20,25)(H,21,24)/t13-,15?,16?/m0/s1. The summed E-state index contributed by atoms with van der Waals surface area (Å²) in [6.07, 6.45) is 0.854. The number of carbonyl (C=O) groups is 3. The van der Waals surface area contributed by atoms with Crippen molar-refractivity contribution in [3.63, 3.8) is 0 Å². The van der Waals surface area contributed by atoms with E-state index in [1.807, 2.05) is 27.7 Å². The predicted octanol–water partition coefficient (Wildman–Crippen LogP) is 1.02. The Hall–Kier alpha value is -1.71. The van der Waals surface area contributed by atoms with Gasteiger partial charge in [0.05, 0.1) is 32.4 Å². The summed E-state index contributed by atoms with van der Waals surface area (Å²) in [5, 5.41) is 6.95.